The molecule has 0 amide bonds. The van der Waals surface area contributed by atoms with Crippen LogP contribution in [0.15, 0.2) is 94.2 Å². The molecule has 0 aliphatic carbocycles. The fourth-order valence-electron chi connectivity index (χ4n) is 7.38. The van der Waals surface area contributed by atoms with Gasteiger partial charge in [0, 0.05) is 50.0 Å². The molecule has 9 nitrogen and oxygen atoms in total. The van der Waals surface area contributed by atoms with Crippen LogP contribution < -0.4 is 5.11 Å². The average molecular weight is 593 g/mol. The van der Waals surface area contributed by atoms with Gasteiger partial charge in [0.25, 0.3) is 10.0 Å². The molecule has 0 aromatic heterocycles. The molecule has 3 fully saturated rings. The zero-order valence-corrected chi connectivity index (χ0v) is 24.1. The van der Waals surface area contributed by atoms with Crippen LogP contribution in [-0.2, 0) is 25.2 Å². The van der Waals surface area contributed by atoms with Crippen molar-refractivity contribution in [2.24, 2.45) is 4.40 Å². The third-order valence-electron chi connectivity index (χ3n) is 9.31. The molecule has 3 N–H and O–H groups in total. The van der Waals surface area contributed by atoms with Crippen molar-refractivity contribution in [1.29, 1.82) is 0 Å². The van der Waals surface area contributed by atoms with Crippen molar-refractivity contribution in [2.75, 3.05) is 13.1 Å². The molecule has 1 unspecified atom stereocenters. The Morgan fingerprint density at radius 3 is 1.88 bits per heavy atom. The lowest BCUT2D eigenvalue weighted by atomic mass is 9.86. The van der Waals surface area contributed by atoms with Gasteiger partial charge in [-0.1, -0.05) is 78.9 Å². The number of quaternary nitrogens is 1. The molecule has 42 heavy (non-hydrogen) atoms. The highest BCUT2D eigenvalue weighted by molar-refractivity contribution is 7.90. The summed E-state index contributed by atoms with van der Waals surface area (Å²) >= 11 is 0. The molecular formula is C32H36N2O7S. The number of carbonyl (C=O) groups excluding carboxylic acids is 1. The molecule has 2 bridgehead atoms. The first-order chi connectivity index (χ1) is 19.7. The molecule has 3 aromatic carbocycles. The quantitative estimate of drug-likeness (QED) is 0.364. The number of hydrogen-bond donors (Lipinski definition) is 1. The number of aliphatic hydroxyl groups is 1. The molecule has 4 aliphatic heterocycles. The van der Waals surface area contributed by atoms with Gasteiger partial charge in [0.15, 0.2) is 0 Å². The lowest BCUT2D eigenvalue weighted by Crippen LogP contribution is -2.60. The zero-order valence-electron chi connectivity index (χ0n) is 23.3. The minimum Gasteiger partial charge on any atom is -0.858 e. The molecular weight excluding hydrogens is 556 g/mol. The smallest absolute Gasteiger partial charge is 0.347 e. The van der Waals surface area contributed by atoms with Crippen LogP contribution in [0.25, 0.3) is 0 Å². The highest BCUT2D eigenvalue weighted by atomic mass is 32.2. The number of benzene rings is 3. The van der Waals surface area contributed by atoms with Crippen LogP contribution in [0, 0.1) is 0 Å². The van der Waals surface area contributed by atoms with Crippen molar-refractivity contribution < 1.29 is 38.1 Å². The summed E-state index contributed by atoms with van der Waals surface area (Å²) in [7, 11) is -3.68. The standard InChI is InChI=1S/C25H30NO3.C7H5NO3S.H2O/c27-24(25(28,19-9-3-1-4-10-19)20-11-5-2-6-12-20)29-23-17-21-13-14-22(18-23)26(21)15-7-8-16-26;9-7-5-3-1-2-4-6(5)12(10,11)8-7;/h1-6,9-12,21-23,28H,7-8,13-18H2;1-4H,(H,8,9);1H2/q+1;;/p-1/t21-,22+,23?;;. The van der Waals surface area contributed by atoms with E-state index in [1.54, 1.807) is 36.4 Å². The number of sulfonamides is 1. The normalized spacial score (nSPS) is 24.5. The van der Waals surface area contributed by atoms with Crippen LogP contribution in [0.5, 0.6) is 0 Å². The van der Waals surface area contributed by atoms with Gasteiger partial charge in [0.1, 0.15) is 6.10 Å². The summed E-state index contributed by atoms with van der Waals surface area (Å²) < 4.78 is 32.5. The van der Waals surface area contributed by atoms with Crippen molar-refractivity contribution in [3.05, 3.63) is 102 Å². The van der Waals surface area contributed by atoms with Crippen molar-refractivity contribution in [1.82, 2.24) is 0 Å². The summed E-state index contributed by atoms with van der Waals surface area (Å²) in [5.74, 6) is -1.22. The summed E-state index contributed by atoms with van der Waals surface area (Å²) in [6.45, 7) is 2.60. The second kappa shape index (κ2) is 11.6. The molecule has 10 heteroatoms. The minimum atomic E-state index is -3.68. The van der Waals surface area contributed by atoms with E-state index in [9.17, 15) is 23.4 Å². The first-order valence-corrected chi connectivity index (χ1v) is 15.7. The van der Waals surface area contributed by atoms with Gasteiger partial charge in [0.05, 0.1) is 30.1 Å². The molecule has 4 heterocycles. The van der Waals surface area contributed by atoms with E-state index in [4.69, 9.17) is 4.74 Å². The molecule has 0 saturated carbocycles. The number of ether oxygens (including phenoxy) is 1. The summed E-state index contributed by atoms with van der Waals surface area (Å²) in [6.07, 6.45) is 6.94. The predicted octanol–water partition coefficient (Wildman–Crippen LogP) is 2.44. The maximum Gasteiger partial charge on any atom is 0.347 e. The third-order valence-corrected chi connectivity index (χ3v) is 10.6. The van der Waals surface area contributed by atoms with Crippen LogP contribution in [0.3, 0.4) is 0 Å². The van der Waals surface area contributed by atoms with Crippen molar-refractivity contribution >= 4 is 21.9 Å². The molecule has 3 atom stereocenters. The Balaban J connectivity index is 0.000000228. The number of hydrogen-bond acceptors (Lipinski definition) is 6. The Labute approximate surface area is 246 Å². The maximum atomic E-state index is 13.4. The van der Waals surface area contributed by atoms with Crippen LogP contribution in [-0.4, -0.2) is 66.6 Å². The van der Waals surface area contributed by atoms with E-state index >= 15 is 0 Å². The largest absolute Gasteiger partial charge is 0.858 e. The van der Waals surface area contributed by atoms with Crippen molar-refractivity contribution in [3.8, 4) is 0 Å². The number of rotatable bonds is 4. The number of esters is 1. The molecule has 1 spiro atoms. The fraction of sp³-hybridized carbons (Fsp3) is 0.375. The second-order valence-electron chi connectivity index (χ2n) is 11.5. The van der Waals surface area contributed by atoms with Gasteiger partial charge in [-0.2, -0.15) is 12.8 Å². The SMILES string of the molecule is O.O=C(OC1C[C@H]2CC[C@@H](C1)[N+]21CCCC1)C(O)(c1ccccc1)c1ccccc1.O=S1(=O)N=C([O-])c2ccccc21. The molecule has 7 rings (SSSR count). The lowest BCUT2D eigenvalue weighted by molar-refractivity contribution is -0.956. The zero-order chi connectivity index (χ0) is 28.7. The van der Waals surface area contributed by atoms with E-state index in [1.807, 2.05) is 36.4 Å². The Hall–Kier alpha value is -3.57. The summed E-state index contributed by atoms with van der Waals surface area (Å²) in [5.41, 5.74) is -0.507. The van der Waals surface area contributed by atoms with Crippen LogP contribution in [0.1, 0.15) is 55.2 Å². The fourth-order valence-corrected chi connectivity index (χ4v) is 8.48. The van der Waals surface area contributed by atoms with Crippen molar-refractivity contribution in [3.63, 3.8) is 0 Å². The number of nitrogens with zero attached hydrogens (tertiary/aromatic N) is 2. The summed E-state index contributed by atoms with van der Waals surface area (Å²) in [4.78, 5) is 13.4. The predicted molar refractivity (Wildman–Crippen MR) is 155 cm³/mol. The molecule has 3 saturated heterocycles. The number of carbonyl (C=O) groups is 1. The first kappa shape index (κ1) is 29.9. The maximum absolute atomic E-state index is 13.4. The molecule has 222 valence electrons. The highest BCUT2D eigenvalue weighted by Gasteiger charge is 2.56. The van der Waals surface area contributed by atoms with Crippen LogP contribution in [0.4, 0.5) is 0 Å². The lowest BCUT2D eigenvalue weighted by Gasteiger charge is -2.47. The topological polar surface area (TPSA) is 148 Å². The van der Waals surface area contributed by atoms with Gasteiger partial charge in [-0.05, 0) is 17.2 Å². The first-order valence-electron chi connectivity index (χ1n) is 14.3. The molecule has 0 radical (unpaired) electrons. The number of piperidine rings is 1. The monoisotopic (exact) mass is 592 g/mol. The van der Waals surface area contributed by atoms with Gasteiger partial charge in [-0.15, -0.1) is 0 Å². The summed E-state index contributed by atoms with van der Waals surface area (Å²) in [5, 5.41) is 22.6. The second-order valence-corrected chi connectivity index (χ2v) is 13.0. The van der Waals surface area contributed by atoms with Crippen LogP contribution in [0.2, 0.25) is 0 Å². The van der Waals surface area contributed by atoms with Crippen LogP contribution >= 0.6 is 0 Å². The Morgan fingerprint density at radius 2 is 1.36 bits per heavy atom. The van der Waals surface area contributed by atoms with Crippen molar-refractivity contribution in [2.45, 2.75) is 67.2 Å². The van der Waals surface area contributed by atoms with E-state index < -0.39 is 27.5 Å². The van der Waals surface area contributed by atoms with Gasteiger partial charge in [-0.3, -0.25) is 0 Å². The average Bonchev–Trinajstić information content (AvgIpc) is 3.61. The molecule has 3 aromatic rings. The van der Waals surface area contributed by atoms with Gasteiger partial charge < -0.3 is 24.9 Å². The van der Waals surface area contributed by atoms with Gasteiger partial charge in [-0.25, -0.2) is 4.79 Å². The highest BCUT2D eigenvalue weighted by Crippen LogP contribution is 2.46. The number of fused-ring (bicyclic) bond motifs is 1. The third kappa shape index (κ3) is 5.13. The Kier molecular flexibility index (Phi) is 8.26. The van der Waals surface area contributed by atoms with E-state index in [1.165, 1.54) is 55.4 Å². The minimum absolute atomic E-state index is 0. The summed E-state index contributed by atoms with van der Waals surface area (Å²) in [6, 6.07) is 25.6. The van der Waals surface area contributed by atoms with E-state index in [-0.39, 0.29) is 22.0 Å². The Bertz CT molecular complexity index is 1500. The van der Waals surface area contributed by atoms with E-state index in [2.05, 4.69) is 4.40 Å². The van der Waals surface area contributed by atoms with Gasteiger partial charge in [0.2, 0.25) is 5.60 Å². The molecule has 4 aliphatic rings. The Morgan fingerprint density at radius 1 is 0.857 bits per heavy atom. The van der Waals surface area contributed by atoms with Gasteiger partial charge >= 0.3 is 5.97 Å². The van der Waals surface area contributed by atoms with E-state index in [0.29, 0.717) is 23.2 Å². The van der Waals surface area contributed by atoms with E-state index in [0.717, 1.165) is 12.8 Å².